The predicted molar refractivity (Wildman–Crippen MR) is 129 cm³/mol. The number of nitrogens with zero attached hydrogens (tertiary/aromatic N) is 2. The molecule has 0 spiro atoms. The smallest absolute Gasteiger partial charge is 0.340 e. The molecule has 0 bridgehead atoms. The highest BCUT2D eigenvalue weighted by molar-refractivity contribution is 5.93. The number of ether oxygens (including phenoxy) is 1. The summed E-state index contributed by atoms with van der Waals surface area (Å²) in [7, 11) is 0. The van der Waals surface area contributed by atoms with Gasteiger partial charge >= 0.3 is 5.97 Å². The molecule has 4 heterocycles. The van der Waals surface area contributed by atoms with Gasteiger partial charge in [-0.25, -0.2) is 14.2 Å². The second-order valence-corrected chi connectivity index (χ2v) is 9.18. The molecule has 2 aliphatic heterocycles. The standard InChI is InChI=1S/C25H23FN2O5.C2H6/c1-11-13-5-4-12(3-2-6-29)20-15-9-28-19(22(15)27-18(21(13)20)8-17(11)26)7-14-16(24(28)31)10-33-25(32)23(14)30;1-2/h7-8,12,23,29-30H,2-6,9-10H2,1H3;1-2H3. The zero-order valence-corrected chi connectivity index (χ0v) is 20.2. The Balaban J connectivity index is 0.00000124. The largest absolute Gasteiger partial charge is 0.458 e. The number of carbonyl (C=O) groups excluding carboxylic acids is 1. The molecule has 2 atom stereocenters. The first-order valence-corrected chi connectivity index (χ1v) is 12.3. The van der Waals surface area contributed by atoms with Crippen molar-refractivity contribution in [2.24, 2.45) is 0 Å². The number of cyclic esters (lactones) is 1. The van der Waals surface area contributed by atoms with Crippen LogP contribution in [-0.2, 0) is 29.1 Å². The van der Waals surface area contributed by atoms with E-state index in [0.717, 1.165) is 41.3 Å². The van der Waals surface area contributed by atoms with Crippen LogP contribution in [0, 0.1) is 12.7 Å². The first kappa shape index (κ1) is 23.6. The number of aryl methyl sites for hydroxylation is 1. The minimum Gasteiger partial charge on any atom is -0.458 e. The fourth-order valence-electron chi connectivity index (χ4n) is 5.82. The van der Waals surface area contributed by atoms with Crippen LogP contribution in [-0.4, -0.2) is 32.3 Å². The summed E-state index contributed by atoms with van der Waals surface area (Å²) >= 11 is 0. The van der Waals surface area contributed by atoms with Gasteiger partial charge in [0, 0.05) is 29.2 Å². The monoisotopic (exact) mass is 480 g/mol. The van der Waals surface area contributed by atoms with Crippen molar-refractivity contribution >= 4 is 16.9 Å². The molecule has 1 aliphatic carbocycles. The molecule has 0 amide bonds. The Hall–Kier alpha value is -3.10. The average molecular weight is 481 g/mol. The number of pyridine rings is 2. The fourth-order valence-corrected chi connectivity index (χ4v) is 5.82. The zero-order chi connectivity index (χ0) is 25.0. The Morgan fingerprint density at radius 3 is 2.71 bits per heavy atom. The Morgan fingerprint density at radius 1 is 1.20 bits per heavy atom. The van der Waals surface area contributed by atoms with Crippen molar-refractivity contribution in [2.75, 3.05) is 6.61 Å². The van der Waals surface area contributed by atoms with Gasteiger partial charge in [-0.2, -0.15) is 0 Å². The maximum atomic E-state index is 14.8. The van der Waals surface area contributed by atoms with Crippen LogP contribution >= 0.6 is 0 Å². The molecule has 0 saturated heterocycles. The second kappa shape index (κ2) is 8.84. The molecule has 7 nitrogen and oxygen atoms in total. The molecule has 6 rings (SSSR count). The van der Waals surface area contributed by atoms with Gasteiger partial charge in [-0.3, -0.25) is 4.79 Å². The van der Waals surface area contributed by atoms with Gasteiger partial charge in [-0.05, 0) is 61.3 Å². The minimum atomic E-state index is -1.51. The van der Waals surface area contributed by atoms with Gasteiger partial charge in [0.25, 0.3) is 5.56 Å². The molecule has 3 aliphatic rings. The third-order valence-electron chi connectivity index (χ3n) is 7.48. The third-order valence-corrected chi connectivity index (χ3v) is 7.48. The number of aliphatic hydroxyl groups excluding tert-OH is 2. The summed E-state index contributed by atoms with van der Waals surface area (Å²) in [5.41, 5.74) is 5.49. The molecule has 1 aromatic carbocycles. The molecule has 184 valence electrons. The summed E-state index contributed by atoms with van der Waals surface area (Å²) in [4.78, 5) is 30.0. The molecule has 0 radical (unpaired) electrons. The first-order chi connectivity index (χ1) is 16.9. The number of benzene rings is 1. The van der Waals surface area contributed by atoms with Gasteiger partial charge < -0.3 is 19.5 Å². The van der Waals surface area contributed by atoms with Crippen molar-refractivity contribution < 1.29 is 24.1 Å². The van der Waals surface area contributed by atoms with E-state index >= 15 is 0 Å². The highest BCUT2D eigenvalue weighted by Gasteiger charge is 2.37. The van der Waals surface area contributed by atoms with Crippen LogP contribution in [0.2, 0.25) is 0 Å². The zero-order valence-electron chi connectivity index (χ0n) is 20.2. The van der Waals surface area contributed by atoms with Gasteiger partial charge in [0.1, 0.15) is 12.4 Å². The van der Waals surface area contributed by atoms with Crippen LogP contribution in [0.15, 0.2) is 16.9 Å². The Bertz CT molecular complexity index is 1430. The van der Waals surface area contributed by atoms with E-state index in [-0.39, 0.29) is 41.6 Å². The molecule has 8 heteroatoms. The lowest BCUT2D eigenvalue weighted by molar-refractivity contribution is -0.157. The lowest BCUT2D eigenvalue weighted by atomic mass is 9.76. The number of rotatable bonds is 3. The second-order valence-electron chi connectivity index (χ2n) is 9.18. The first-order valence-electron chi connectivity index (χ1n) is 12.3. The van der Waals surface area contributed by atoms with Gasteiger partial charge in [0.15, 0.2) is 6.10 Å². The predicted octanol–water partition coefficient (Wildman–Crippen LogP) is 3.79. The molecule has 0 fully saturated rings. The van der Waals surface area contributed by atoms with Gasteiger partial charge in [0.05, 0.1) is 29.0 Å². The summed E-state index contributed by atoms with van der Waals surface area (Å²) in [5.74, 6) is -0.912. The fraction of sp³-hybridized carbons (Fsp3) is 0.444. The topological polar surface area (TPSA) is 102 Å². The molecule has 0 saturated carbocycles. The van der Waals surface area contributed by atoms with E-state index < -0.39 is 12.1 Å². The van der Waals surface area contributed by atoms with Crippen molar-refractivity contribution in [1.82, 2.24) is 9.55 Å². The van der Waals surface area contributed by atoms with Gasteiger partial charge in [0.2, 0.25) is 0 Å². The van der Waals surface area contributed by atoms with Crippen molar-refractivity contribution in [3.8, 4) is 11.4 Å². The number of aromatic nitrogens is 2. The van der Waals surface area contributed by atoms with Crippen molar-refractivity contribution in [2.45, 2.75) is 71.6 Å². The summed E-state index contributed by atoms with van der Waals surface area (Å²) in [6.45, 7) is 6.04. The van der Waals surface area contributed by atoms with E-state index in [1.807, 2.05) is 13.8 Å². The SMILES string of the molecule is CC.Cc1c(F)cc2nc3c(c4c2c1CCC4CCCO)Cn1c-3cc2c(c1=O)COC(=O)C2O. The third kappa shape index (κ3) is 3.42. The van der Waals surface area contributed by atoms with Crippen LogP contribution in [0.3, 0.4) is 0 Å². The van der Waals surface area contributed by atoms with Gasteiger partial charge in [-0.1, -0.05) is 13.8 Å². The van der Waals surface area contributed by atoms with E-state index in [1.165, 1.54) is 6.07 Å². The Kier molecular flexibility index (Phi) is 5.97. The Labute approximate surface area is 202 Å². The van der Waals surface area contributed by atoms with E-state index in [9.17, 15) is 24.2 Å². The quantitative estimate of drug-likeness (QED) is 0.433. The average Bonchev–Trinajstić information content (AvgIpc) is 3.24. The van der Waals surface area contributed by atoms with Crippen LogP contribution in [0.1, 0.15) is 78.5 Å². The maximum Gasteiger partial charge on any atom is 0.340 e. The lowest BCUT2D eigenvalue weighted by Gasteiger charge is -2.29. The lowest BCUT2D eigenvalue weighted by Crippen LogP contribution is -2.32. The molecular formula is C27H29FN2O5. The molecule has 3 aromatic rings. The van der Waals surface area contributed by atoms with Crippen LogP contribution < -0.4 is 5.56 Å². The van der Waals surface area contributed by atoms with E-state index in [2.05, 4.69) is 0 Å². The normalized spacial score (nSPS) is 19.4. The van der Waals surface area contributed by atoms with E-state index in [0.29, 0.717) is 35.4 Å². The van der Waals surface area contributed by atoms with Crippen molar-refractivity contribution in [3.63, 3.8) is 0 Å². The maximum absolute atomic E-state index is 14.8. The number of carbonyl (C=O) groups is 1. The minimum absolute atomic E-state index is 0.0978. The Morgan fingerprint density at radius 2 is 1.97 bits per heavy atom. The van der Waals surface area contributed by atoms with Crippen LogP contribution in [0.25, 0.3) is 22.3 Å². The summed E-state index contributed by atoms with van der Waals surface area (Å²) < 4.78 is 21.4. The molecule has 2 N–H and O–H groups in total. The van der Waals surface area contributed by atoms with Crippen molar-refractivity contribution in [3.05, 3.63) is 61.7 Å². The molecular weight excluding hydrogens is 451 g/mol. The van der Waals surface area contributed by atoms with Gasteiger partial charge in [-0.15, -0.1) is 0 Å². The molecule has 2 aromatic heterocycles. The number of hydrogen-bond acceptors (Lipinski definition) is 6. The van der Waals surface area contributed by atoms with Crippen LogP contribution in [0.4, 0.5) is 4.39 Å². The van der Waals surface area contributed by atoms with Crippen molar-refractivity contribution in [1.29, 1.82) is 0 Å². The number of hydrogen-bond donors (Lipinski definition) is 2. The summed E-state index contributed by atoms with van der Waals surface area (Å²) in [6, 6.07) is 3.11. The highest BCUT2D eigenvalue weighted by Crippen LogP contribution is 2.47. The molecule has 35 heavy (non-hydrogen) atoms. The van der Waals surface area contributed by atoms with E-state index in [1.54, 1.807) is 17.6 Å². The summed E-state index contributed by atoms with van der Waals surface area (Å²) in [5, 5.41) is 20.7. The number of halogens is 1. The number of aliphatic hydroxyl groups is 2. The van der Waals surface area contributed by atoms with Crippen LogP contribution in [0.5, 0.6) is 0 Å². The number of fused-ring (bicyclic) bond motifs is 5. The number of esters is 1. The summed E-state index contributed by atoms with van der Waals surface area (Å²) in [6.07, 6.45) is 1.52. The highest BCUT2D eigenvalue weighted by atomic mass is 19.1. The molecule has 2 unspecified atom stereocenters. The van der Waals surface area contributed by atoms with E-state index in [4.69, 9.17) is 9.72 Å².